The molecule has 2 unspecified atom stereocenters. The maximum atomic E-state index is 11.1. The molecule has 2 rings (SSSR count). The molecule has 0 bridgehead atoms. The number of nitrogens with zero attached hydrogens (tertiary/aromatic N) is 1. The summed E-state index contributed by atoms with van der Waals surface area (Å²) >= 11 is 0. The van der Waals surface area contributed by atoms with Crippen LogP contribution < -0.4 is 0 Å². The number of carboxylic acid groups (broad SMARTS) is 1. The van der Waals surface area contributed by atoms with Gasteiger partial charge in [0.15, 0.2) is 0 Å². The predicted octanol–water partition coefficient (Wildman–Crippen LogP) is 1.32. The number of aliphatic hydroxyl groups excluding tert-OH is 1. The number of aliphatic hydroxyl groups is 1. The highest BCUT2D eigenvalue weighted by Crippen LogP contribution is 2.21. The Kier molecular flexibility index (Phi) is 3.68. The van der Waals surface area contributed by atoms with Crippen molar-refractivity contribution in [1.82, 2.24) is 4.90 Å². The van der Waals surface area contributed by atoms with Crippen LogP contribution in [0.2, 0.25) is 0 Å². The van der Waals surface area contributed by atoms with Crippen LogP contribution in [-0.2, 0) is 11.3 Å². The van der Waals surface area contributed by atoms with E-state index in [1.165, 1.54) is 11.1 Å². The van der Waals surface area contributed by atoms with E-state index in [1.54, 1.807) is 0 Å². The molecule has 2 N–H and O–H groups in total. The Labute approximate surface area is 107 Å². The molecule has 1 aromatic rings. The first kappa shape index (κ1) is 13.1. The minimum atomic E-state index is -0.851. The summed E-state index contributed by atoms with van der Waals surface area (Å²) in [5, 5.41) is 18.7. The van der Waals surface area contributed by atoms with Crippen LogP contribution in [0.15, 0.2) is 18.2 Å². The normalized spacial score (nSPS) is 24.4. The van der Waals surface area contributed by atoms with Gasteiger partial charge >= 0.3 is 5.97 Å². The highest BCUT2D eigenvalue weighted by molar-refractivity contribution is 5.74. The summed E-state index contributed by atoms with van der Waals surface area (Å²) in [4.78, 5) is 12.9. The molecule has 1 fully saturated rings. The van der Waals surface area contributed by atoms with E-state index in [2.05, 4.69) is 13.0 Å². The topological polar surface area (TPSA) is 60.8 Å². The van der Waals surface area contributed by atoms with Crippen molar-refractivity contribution in [3.8, 4) is 0 Å². The molecule has 1 aliphatic rings. The van der Waals surface area contributed by atoms with E-state index >= 15 is 0 Å². The van der Waals surface area contributed by atoms with Gasteiger partial charge < -0.3 is 10.2 Å². The van der Waals surface area contributed by atoms with Crippen LogP contribution in [0.3, 0.4) is 0 Å². The number of carboxylic acids is 1. The highest BCUT2D eigenvalue weighted by atomic mass is 16.4. The van der Waals surface area contributed by atoms with Gasteiger partial charge in [-0.15, -0.1) is 0 Å². The maximum Gasteiger partial charge on any atom is 0.321 e. The van der Waals surface area contributed by atoms with Crippen molar-refractivity contribution in [3.63, 3.8) is 0 Å². The molecule has 0 radical (unpaired) electrons. The van der Waals surface area contributed by atoms with E-state index in [4.69, 9.17) is 5.11 Å². The number of hydrogen-bond donors (Lipinski definition) is 2. The van der Waals surface area contributed by atoms with E-state index in [1.807, 2.05) is 24.0 Å². The SMILES string of the molecule is Cc1ccc(CN2CC(O)CC2C(=O)O)cc1C. The first-order chi connectivity index (χ1) is 8.47. The molecule has 2 atom stereocenters. The van der Waals surface area contributed by atoms with E-state index in [0.29, 0.717) is 19.5 Å². The van der Waals surface area contributed by atoms with Gasteiger partial charge in [-0.25, -0.2) is 0 Å². The van der Waals surface area contributed by atoms with E-state index in [0.717, 1.165) is 5.56 Å². The number of aryl methyl sites for hydroxylation is 2. The molecule has 4 nitrogen and oxygen atoms in total. The summed E-state index contributed by atoms with van der Waals surface area (Å²) < 4.78 is 0. The first-order valence-corrected chi connectivity index (χ1v) is 6.18. The fourth-order valence-corrected chi connectivity index (χ4v) is 2.45. The lowest BCUT2D eigenvalue weighted by atomic mass is 10.1. The molecule has 4 heteroatoms. The Morgan fingerprint density at radius 3 is 2.72 bits per heavy atom. The Balaban J connectivity index is 2.12. The van der Waals surface area contributed by atoms with Gasteiger partial charge in [0.05, 0.1) is 6.10 Å². The summed E-state index contributed by atoms with van der Waals surface area (Å²) in [6.45, 7) is 5.12. The highest BCUT2D eigenvalue weighted by Gasteiger charge is 2.35. The molecule has 0 spiro atoms. The average molecular weight is 249 g/mol. The van der Waals surface area contributed by atoms with Crippen LogP contribution in [0.1, 0.15) is 23.1 Å². The molecule has 1 aromatic carbocycles. The number of likely N-dealkylation sites (tertiary alicyclic amines) is 1. The van der Waals surface area contributed by atoms with Crippen LogP contribution in [0, 0.1) is 13.8 Å². The fraction of sp³-hybridized carbons (Fsp3) is 0.500. The van der Waals surface area contributed by atoms with Crippen LogP contribution in [0.4, 0.5) is 0 Å². The minimum absolute atomic E-state index is 0.320. The summed E-state index contributed by atoms with van der Waals surface area (Å²) in [7, 11) is 0. The number of aliphatic carboxylic acids is 1. The Hall–Kier alpha value is -1.39. The van der Waals surface area contributed by atoms with Crippen molar-refractivity contribution in [3.05, 3.63) is 34.9 Å². The molecule has 1 aliphatic heterocycles. The van der Waals surface area contributed by atoms with Crippen molar-refractivity contribution < 1.29 is 15.0 Å². The summed E-state index contributed by atoms with van der Waals surface area (Å²) in [5.41, 5.74) is 3.53. The molecule has 0 aromatic heterocycles. The van der Waals surface area contributed by atoms with Crippen LogP contribution in [0.25, 0.3) is 0 Å². The van der Waals surface area contributed by atoms with Crippen molar-refractivity contribution in [2.45, 2.75) is 39.0 Å². The zero-order valence-electron chi connectivity index (χ0n) is 10.8. The summed E-state index contributed by atoms with van der Waals surface area (Å²) in [6, 6.07) is 5.58. The molecule has 1 heterocycles. The van der Waals surface area contributed by atoms with Gasteiger partial charge in [-0.1, -0.05) is 18.2 Å². The van der Waals surface area contributed by atoms with Gasteiger partial charge in [0.2, 0.25) is 0 Å². The predicted molar refractivity (Wildman–Crippen MR) is 68.4 cm³/mol. The zero-order chi connectivity index (χ0) is 13.3. The van der Waals surface area contributed by atoms with E-state index in [-0.39, 0.29) is 0 Å². The second-order valence-electron chi connectivity index (χ2n) is 5.09. The molecule has 1 saturated heterocycles. The van der Waals surface area contributed by atoms with Gasteiger partial charge in [-0.05, 0) is 30.5 Å². The average Bonchev–Trinajstić information content (AvgIpc) is 2.65. The largest absolute Gasteiger partial charge is 0.480 e. The van der Waals surface area contributed by atoms with Gasteiger partial charge in [-0.3, -0.25) is 9.69 Å². The summed E-state index contributed by atoms with van der Waals surface area (Å²) in [6.07, 6.45) is -0.210. The Bertz CT molecular complexity index is 458. The Morgan fingerprint density at radius 2 is 2.11 bits per heavy atom. The van der Waals surface area contributed by atoms with Crippen LogP contribution in [0.5, 0.6) is 0 Å². The van der Waals surface area contributed by atoms with Crippen molar-refractivity contribution >= 4 is 5.97 Å². The number of carbonyl (C=O) groups is 1. The van der Waals surface area contributed by atoms with Gasteiger partial charge in [0.1, 0.15) is 6.04 Å². The van der Waals surface area contributed by atoms with Crippen molar-refractivity contribution in [2.75, 3.05) is 6.54 Å². The standard InChI is InChI=1S/C14H19NO3/c1-9-3-4-11(5-10(9)2)7-15-8-12(16)6-13(15)14(17)18/h3-5,12-13,16H,6-8H2,1-2H3,(H,17,18). The smallest absolute Gasteiger partial charge is 0.321 e. The zero-order valence-corrected chi connectivity index (χ0v) is 10.8. The second kappa shape index (κ2) is 5.08. The molecule has 0 saturated carbocycles. The third-order valence-corrected chi connectivity index (χ3v) is 3.62. The third-order valence-electron chi connectivity index (χ3n) is 3.62. The molecule has 0 amide bonds. The van der Waals surface area contributed by atoms with Crippen molar-refractivity contribution in [1.29, 1.82) is 0 Å². The fourth-order valence-electron chi connectivity index (χ4n) is 2.45. The quantitative estimate of drug-likeness (QED) is 0.848. The molecular formula is C14H19NO3. The third kappa shape index (κ3) is 2.71. The van der Waals surface area contributed by atoms with Crippen LogP contribution >= 0.6 is 0 Å². The van der Waals surface area contributed by atoms with E-state index < -0.39 is 18.1 Å². The van der Waals surface area contributed by atoms with Crippen LogP contribution in [-0.4, -0.2) is 39.8 Å². The Morgan fingerprint density at radius 1 is 1.39 bits per heavy atom. The number of hydrogen-bond acceptors (Lipinski definition) is 3. The number of benzene rings is 1. The monoisotopic (exact) mass is 249 g/mol. The summed E-state index contributed by atoms with van der Waals surface area (Å²) in [5.74, 6) is -0.851. The minimum Gasteiger partial charge on any atom is -0.480 e. The van der Waals surface area contributed by atoms with Crippen molar-refractivity contribution in [2.24, 2.45) is 0 Å². The lowest BCUT2D eigenvalue weighted by Crippen LogP contribution is -2.35. The molecular weight excluding hydrogens is 230 g/mol. The number of rotatable bonds is 3. The lowest BCUT2D eigenvalue weighted by molar-refractivity contribution is -0.142. The second-order valence-corrected chi connectivity index (χ2v) is 5.09. The van der Waals surface area contributed by atoms with Gasteiger partial charge in [-0.2, -0.15) is 0 Å². The van der Waals surface area contributed by atoms with E-state index in [9.17, 15) is 9.90 Å². The molecule has 98 valence electrons. The lowest BCUT2D eigenvalue weighted by Gasteiger charge is -2.21. The first-order valence-electron chi connectivity index (χ1n) is 6.18. The van der Waals surface area contributed by atoms with Gasteiger partial charge in [0.25, 0.3) is 0 Å². The number of β-amino-alcohol motifs (C(OH)–C–C–N with tert-alkyl or cyclic N) is 1. The maximum absolute atomic E-state index is 11.1. The molecule has 18 heavy (non-hydrogen) atoms. The molecule has 0 aliphatic carbocycles. The van der Waals surface area contributed by atoms with Gasteiger partial charge in [0, 0.05) is 19.5 Å².